The molecule has 0 saturated heterocycles. The van der Waals surface area contributed by atoms with E-state index in [-0.39, 0.29) is 12.1 Å². The zero-order valence-electron chi connectivity index (χ0n) is 13.7. The van der Waals surface area contributed by atoms with Gasteiger partial charge < -0.3 is 14.8 Å². The van der Waals surface area contributed by atoms with Gasteiger partial charge in [-0.25, -0.2) is 4.39 Å². The van der Waals surface area contributed by atoms with E-state index in [1.165, 1.54) is 26.2 Å². The highest BCUT2D eigenvalue weighted by Gasteiger charge is 2.20. The second kappa shape index (κ2) is 8.62. The van der Waals surface area contributed by atoms with E-state index in [1.807, 2.05) is 0 Å². The van der Waals surface area contributed by atoms with Crippen LogP contribution in [-0.2, 0) is 20.7 Å². The monoisotopic (exact) mass is 409 g/mol. The van der Waals surface area contributed by atoms with E-state index in [0.717, 1.165) is 0 Å². The molecule has 0 unspecified atom stereocenters. The predicted molar refractivity (Wildman–Crippen MR) is 95.0 cm³/mol. The Bertz CT molecular complexity index is 781. The number of halogens is 2. The summed E-state index contributed by atoms with van der Waals surface area (Å²) in [5, 5.41) is 2.39. The molecule has 1 amide bonds. The van der Waals surface area contributed by atoms with Crippen molar-refractivity contribution in [3.8, 4) is 5.75 Å². The molecule has 5 nitrogen and oxygen atoms in total. The Morgan fingerprint density at radius 1 is 1.24 bits per heavy atom. The van der Waals surface area contributed by atoms with Crippen LogP contribution in [0.1, 0.15) is 12.5 Å². The lowest BCUT2D eigenvalue weighted by Gasteiger charge is -2.14. The van der Waals surface area contributed by atoms with E-state index < -0.39 is 23.8 Å². The highest BCUT2D eigenvalue weighted by atomic mass is 79.9. The van der Waals surface area contributed by atoms with E-state index in [1.54, 1.807) is 30.3 Å². The second-order valence-corrected chi connectivity index (χ2v) is 6.15. The first-order chi connectivity index (χ1) is 11.9. The first kappa shape index (κ1) is 18.9. The highest BCUT2D eigenvalue weighted by Crippen LogP contribution is 2.20. The Hall–Kier alpha value is -2.41. The van der Waals surface area contributed by atoms with Crippen LogP contribution >= 0.6 is 15.9 Å². The number of nitrogens with one attached hydrogen (secondary N) is 1. The molecule has 0 bridgehead atoms. The third-order valence-electron chi connectivity index (χ3n) is 3.39. The summed E-state index contributed by atoms with van der Waals surface area (Å²) < 4.78 is 24.6. The molecular weight excluding hydrogens is 393 g/mol. The molecule has 0 fully saturated rings. The summed E-state index contributed by atoms with van der Waals surface area (Å²) in [6.07, 6.45) is -1.10. The van der Waals surface area contributed by atoms with Crippen molar-refractivity contribution in [1.82, 2.24) is 0 Å². The van der Waals surface area contributed by atoms with Crippen LogP contribution in [0, 0.1) is 5.82 Å². The van der Waals surface area contributed by atoms with Crippen molar-refractivity contribution in [2.45, 2.75) is 19.4 Å². The number of rotatable bonds is 6. The minimum Gasteiger partial charge on any atom is -0.496 e. The molecule has 0 aromatic heterocycles. The number of carbonyl (C=O) groups is 2. The molecule has 0 aliphatic heterocycles. The van der Waals surface area contributed by atoms with Crippen molar-refractivity contribution in [3.05, 3.63) is 58.3 Å². The Kier molecular flexibility index (Phi) is 6.52. The summed E-state index contributed by atoms with van der Waals surface area (Å²) >= 11 is 3.14. The number of hydrogen-bond donors (Lipinski definition) is 1. The summed E-state index contributed by atoms with van der Waals surface area (Å²) in [4.78, 5) is 24.1. The van der Waals surface area contributed by atoms with Gasteiger partial charge in [-0.15, -0.1) is 0 Å². The van der Waals surface area contributed by atoms with Crippen LogP contribution in [-0.4, -0.2) is 25.1 Å². The van der Waals surface area contributed by atoms with Gasteiger partial charge in [-0.2, -0.15) is 0 Å². The predicted octanol–water partition coefficient (Wildman–Crippen LogP) is 3.71. The van der Waals surface area contributed by atoms with Gasteiger partial charge in [-0.05, 0) is 31.2 Å². The lowest BCUT2D eigenvalue weighted by molar-refractivity contribution is -0.152. The second-order valence-electron chi connectivity index (χ2n) is 5.23. The molecule has 0 saturated carbocycles. The number of ether oxygens (including phenoxy) is 2. The van der Waals surface area contributed by atoms with Crippen LogP contribution < -0.4 is 10.1 Å². The fourth-order valence-electron chi connectivity index (χ4n) is 2.12. The van der Waals surface area contributed by atoms with E-state index in [9.17, 15) is 14.0 Å². The van der Waals surface area contributed by atoms with Crippen LogP contribution in [0.3, 0.4) is 0 Å². The SMILES string of the molecule is COc1ccccc1CC(=O)O[C@@H](C)C(=O)Nc1ccc(Br)cc1F. The van der Waals surface area contributed by atoms with Crippen LogP contribution in [0.5, 0.6) is 5.75 Å². The Labute approximate surface area is 153 Å². The smallest absolute Gasteiger partial charge is 0.311 e. The number of anilines is 1. The number of para-hydroxylation sites is 1. The quantitative estimate of drug-likeness (QED) is 0.738. The largest absolute Gasteiger partial charge is 0.496 e. The van der Waals surface area contributed by atoms with E-state index >= 15 is 0 Å². The lowest BCUT2D eigenvalue weighted by Crippen LogP contribution is -2.30. The first-order valence-corrected chi connectivity index (χ1v) is 8.27. The summed E-state index contributed by atoms with van der Waals surface area (Å²) in [5.74, 6) is -1.22. The van der Waals surface area contributed by atoms with Gasteiger partial charge in [0.05, 0.1) is 19.2 Å². The molecule has 7 heteroatoms. The highest BCUT2D eigenvalue weighted by molar-refractivity contribution is 9.10. The van der Waals surface area contributed by atoms with Gasteiger partial charge in [0.25, 0.3) is 5.91 Å². The van der Waals surface area contributed by atoms with Crippen LogP contribution in [0.15, 0.2) is 46.9 Å². The van der Waals surface area contributed by atoms with E-state index in [0.29, 0.717) is 15.8 Å². The van der Waals surface area contributed by atoms with Gasteiger partial charge in [-0.3, -0.25) is 9.59 Å². The summed E-state index contributed by atoms with van der Waals surface area (Å²) in [6.45, 7) is 1.42. The van der Waals surface area contributed by atoms with Gasteiger partial charge in [0.15, 0.2) is 6.10 Å². The maximum absolute atomic E-state index is 13.7. The lowest BCUT2D eigenvalue weighted by atomic mass is 10.1. The Balaban J connectivity index is 1.95. The number of hydrogen-bond acceptors (Lipinski definition) is 4. The first-order valence-electron chi connectivity index (χ1n) is 7.48. The molecule has 1 atom stereocenters. The van der Waals surface area contributed by atoms with Crippen molar-refractivity contribution >= 4 is 33.5 Å². The zero-order valence-corrected chi connectivity index (χ0v) is 15.3. The number of esters is 1. The maximum Gasteiger partial charge on any atom is 0.311 e. The van der Waals surface area contributed by atoms with Crippen LogP contribution in [0.25, 0.3) is 0 Å². The third-order valence-corrected chi connectivity index (χ3v) is 3.89. The average molecular weight is 410 g/mol. The van der Waals surface area contributed by atoms with Crippen molar-refractivity contribution in [2.24, 2.45) is 0 Å². The van der Waals surface area contributed by atoms with Gasteiger partial charge in [-0.1, -0.05) is 34.1 Å². The van der Waals surface area contributed by atoms with Crippen LogP contribution in [0.4, 0.5) is 10.1 Å². The average Bonchev–Trinajstić information content (AvgIpc) is 2.57. The Morgan fingerprint density at radius 2 is 1.96 bits per heavy atom. The van der Waals surface area contributed by atoms with Crippen LogP contribution in [0.2, 0.25) is 0 Å². The normalized spacial score (nSPS) is 11.5. The summed E-state index contributed by atoms with van der Waals surface area (Å²) in [6, 6.07) is 11.3. The molecule has 0 spiro atoms. The maximum atomic E-state index is 13.7. The number of methoxy groups -OCH3 is 1. The molecular formula is C18H17BrFNO4. The fourth-order valence-corrected chi connectivity index (χ4v) is 2.46. The van der Waals surface area contributed by atoms with Gasteiger partial charge >= 0.3 is 5.97 Å². The zero-order chi connectivity index (χ0) is 18.4. The molecule has 2 rings (SSSR count). The topological polar surface area (TPSA) is 64.6 Å². The number of amides is 1. The minimum absolute atomic E-state index is 0.0147. The minimum atomic E-state index is -1.06. The molecule has 2 aromatic carbocycles. The molecule has 0 aliphatic carbocycles. The Morgan fingerprint density at radius 3 is 2.64 bits per heavy atom. The molecule has 0 radical (unpaired) electrons. The van der Waals surface area contributed by atoms with E-state index in [4.69, 9.17) is 9.47 Å². The molecule has 0 heterocycles. The van der Waals surface area contributed by atoms with Crippen molar-refractivity contribution < 1.29 is 23.5 Å². The summed E-state index contributed by atoms with van der Waals surface area (Å²) in [7, 11) is 1.51. The van der Waals surface area contributed by atoms with E-state index in [2.05, 4.69) is 21.2 Å². The molecule has 0 aliphatic rings. The van der Waals surface area contributed by atoms with Crippen molar-refractivity contribution in [2.75, 3.05) is 12.4 Å². The number of carbonyl (C=O) groups excluding carboxylic acids is 2. The number of benzene rings is 2. The summed E-state index contributed by atoms with van der Waals surface area (Å²) in [5.41, 5.74) is 0.669. The van der Waals surface area contributed by atoms with Crippen molar-refractivity contribution in [3.63, 3.8) is 0 Å². The molecule has 2 aromatic rings. The molecule has 25 heavy (non-hydrogen) atoms. The standard InChI is InChI=1S/C18H17BrFNO4/c1-11(18(23)21-15-8-7-13(19)10-14(15)20)25-17(22)9-12-5-3-4-6-16(12)24-2/h3-8,10-11H,9H2,1-2H3,(H,21,23)/t11-/m0/s1. The molecule has 132 valence electrons. The third kappa shape index (κ3) is 5.29. The van der Waals surface area contributed by atoms with Crippen molar-refractivity contribution in [1.29, 1.82) is 0 Å². The van der Waals surface area contributed by atoms with Gasteiger partial charge in [0, 0.05) is 10.0 Å². The van der Waals surface area contributed by atoms with Gasteiger partial charge in [0.2, 0.25) is 0 Å². The van der Waals surface area contributed by atoms with Gasteiger partial charge in [0.1, 0.15) is 11.6 Å². The molecule has 1 N–H and O–H groups in total. The fraction of sp³-hybridized carbons (Fsp3) is 0.222.